The molecule has 0 bridgehead atoms. The van der Waals surface area contributed by atoms with E-state index in [9.17, 15) is 29.4 Å². The van der Waals surface area contributed by atoms with Crippen molar-refractivity contribution in [2.45, 2.75) is 37.1 Å². The van der Waals surface area contributed by atoms with Crippen molar-refractivity contribution in [1.82, 2.24) is 0 Å². The molecule has 28 heavy (non-hydrogen) atoms. The number of hydrogen-bond acceptors (Lipinski definition) is 8. The number of halogens is 2. The molecule has 0 aliphatic carbocycles. The van der Waals surface area contributed by atoms with Crippen LogP contribution in [0.5, 0.6) is 0 Å². The molecule has 2 N–H and O–H groups in total. The van der Waals surface area contributed by atoms with E-state index in [2.05, 4.69) is 0 Å². The van der Waals surface area contributed by atoms with E-state index in [4.69, 9.17) is 33.4 Å². The van der Waals surface area contributed by atoms with Crippen LogP contribution in [0.3, 0.4) is 0 Å². The Balaban J connectivity index is -0.000000336. The van der Waals surface area contributed by atoms with Crippen LogP contribution in [0, 0.1) is 0 Å². The highest BCUT2D eigenvalue weighted by Crippen LogP contribution is 2.08. The third kappa shape index (κ3) is 14.7. The second-order valence-corrected chi connectivity index (χ2v) is 8.48. The number of alkyl halides is 2. The lowest BCUT2D eigenvalue weighted by atomic mass is 10.2. The average molecular weight is 449 g/mol. The molecule has 4 atom stereocenters. The molecule has 0 spiro atoms. The largest absolute Gasteiger partial charge is 0.547 e. The number of Topliss-reactive ketones (excluding diaryl/α,β-unsaturated/α-hetero) is 2. The van der Waals surface area contributed by atoms with Gasteiger partial charge in [0.2, 0.25) is 22.6 Å². The van der Waals surface area contributed by atoms with Crippen LogP contribution in [0.4, 0.5) is 0 Å². The minimum atomic E-state index is -2.44. The van der Waals surface area contributed by atoms with Crippen molar-refractivity contribution in [1.29, 1.82) is 0 Å². The Morgan fingerprint density at radius 1 is 0.679 bits per heavy atom. The van der Waals surface area contributed by atoms with Gasteiger partial charge in [-0.15, -0.1) is 0 Å². The highest BCUT2D eigenvalue weighted by atomic mass is 35.5. The fourth-order valence-corrected chi connectivity index (χ4v) is 1.35. The van der Waals surface area contributed by atoms with Crippen LogP contribution in [0.2, 0.25) is 0 Å². The smallest absolute Gasteiger partial charge is 0.223 e. The zero-order chi connectivity index (χ0) is 23.6. The molecule has 0 aromatic heterocycles. The van der Waals surface area contributed by atoms with Crippen molar-refractivity contribution in [3.05, 3.63) is 0 Å². The second-order valence-electron chi connectivity index (χ2n) is 7.65. The molecule has 0 radical (unpaired) electrons. The molecule has 0 aromatic carbocycles. The Bertz CT molecular complexity index is 496. The van der Waals surface area contributed by atoms with E-state index in [0.717, 1.165) is 0 Å². The predicted molar refractivity (Wildman–Crippen MR) is 98.7 cm³/mol. The van der Waals surface area contributed by atoms with Gasteiger partial charge in [0.25, 0.3) is 0 Å². The molecule has 0 fully saturated rings. The van der Waals surface area contributed by atoms with Gasteiger partial charge in [-0.1, -0.05) is 0 Å². The summed E-state index contributed by atoms with van der Waals surface area (Å²) in [5.41, 5.74) is -0.824. The zero-order valence-corrected chi connectivity index (χ0v) is 18.8. The number of carboxylic acids is 2. The van der Waals surface area contributed by atoms with E-state index in [1.165, 1.54) is 13.8 Å². The van der Waals surface area contributed by atoms with Gasteiger partial charge in [0.15, 0.2) is 0 Å². The van der Waals surface area contributed by atoms with Crippen molar-refractivity contribution in [3.8, 4) is 0 Å². The number of aliphatic hydroxyl groups is 2. The zero-order valence-electron chi connectivity index (χ0n) is 17.3. The lowest BCUT2D eigenvalue weighted by Crippen LogP contribution is -2.51. The maximum absolute atomic E-state index is 10.6. The summed E-state index contributed by atoms with van der Waals surface area (Å²) in [6, 6.07) is 0. The van der Waals surface area contributed by atoms with E-state index in [1.807, 2.05) is 42.3 Å². The van der Waals surface area contributed by atoms with Crippen LogP contribution in [-0.2, 0) is 19.2 Å². The summed E-state index contributed by atoms with van der Waals surface area (Å²) in [5.74, 6) is -4.08. The number of ketones is 2. The van der Waals surface area contributed by atoms with Crippen LogP contribution >= 0.6 is 23.2 Å². The summed E-state index contributed by atoms with van der Waals surface area (Å²) in [5, 5.41) is 35.7. The number of aliphatic hydroxyl groups excluding tert-OH is 2. The topological polar surface area (TPSA) is 155 Å². The molecule has 10 nitrogen and oxygen atoms in total. The lowest BCUT2D eigenvalue weighted by molar-refractivity contribution is -0.873. The summed E-state index contributed by atoms with van der Waals surface area (Å²) in [6.45, 7) is 3.00. The van der Waals surface area contributed by atoms with Gasteiger partial charge < -0.3 is 39.0 Å². The number of nitrogens with zero attached hydrogens (tertiary/aromatic N) is 2. The standard InChI is InChI=1S/2C6H13ClNO.C4H6O6/c2*1-5(9)6(7)8(2,3)4;5-1(3(7)8)2(6)4(9)10/h2*6H,1-4H3;1-2,5-6H,(H,7,8)(H,9,10)/q2*+1;/p-2. The first-order valence-corrected chi connectivity index (χ1v) is 8.74. The molecule has 0 rings (SSSR count). The van der Waals surface area contributed by atoms with Gasteiger partial charge in [-0.25, -0.2) is 0 Å². The Labute approximate surface area is 175 Å². The number of rotatable bonds is 7. The number of aliphatic carboxylic acids is 2. The first-order chi connectivity index (χ1) is 12.2. The van der Waals surface area contributed by atoms with Gasteiger partial charge in [0, 0.05) is 13.8 Å². The molecule has 166 valence electrons. The number of likely N-dealkylation sites (N-methyl/N-ethyl adjacent to an activating group) is 2. The predicted octanol–water partition coefficient (Wildman–Crippen LogP) is -3.10. The lowest BCUT2D eigenvalue weighted by Gasteiger charge is -2.27. The van der Waals surface area contributed by atoms with Crippen molar-refractivity contribution >= 4 is 46.7 Å². The number of carbonyl (C=O) groups excluding carboxylic acids is 4. The summed E-state index contributed by atoms with van der Waals surface area (Å²) in [4.78, 5) is 40.6. The van der Waals surface area contributed by atoms with Crippen molar-refractivity contribution < 1.29 is 48.6 Å². The van der Waals surface area contributed by atoms with Crippen LogP contribution in [0.15, 0.2) is 0 Å². The van der Waals surface area contributed by atoms with Crippen molar-refractivity contribution in [2.75, 3.05) is 42.3 Å². The van der Waals surface area contributed by atoms with Crippen molar-refractivity contribution in [3.63, 3.8) is 0 Å². The average Bonchev–Trinajstić information content (AvgIpc) is 2.50. The third-order valence-corrected chi connectivity index (χ3v) is 4.60. The van der Waals surface area contributed by atoms with Crippen LogP contribution in [0.1, 0.15) is 13.8 Å². The number of quaternary nitrogens is 2. The molecule has 0 aliphatic heterocycles. The van der Waals surface area contributed by atoms with E-state index < -0.39 is 35.1 Å². The van der Waals surface area contributed by atoms with Gasteiger partial charge in [0.05, 0.1) is 54.2 Å². The first kappa shape index (κ1) is 31.4. The fourth-order valence-electron chi connectivity index (χ4n) is 1.35. The van der Waals surface area contributed by atoms with Crippen molar-refractivity contribution in [2.24, 2.45) is 0 Å². The molecule has 0 saturated heterocycles. The number of hydrogen-bond donors (Lipinski definition) is 2. The first-order valence-electron chi connectivity index (χ1n) is 7.87. The van der Waals surface area contributed by atoms with Gasteiger partial charge in [-0.2, -0.15) is 0 Å². The maximum atomic E-state index is 10.6. The molecular weight excluding hydrogens is 419 g/mol. The fraction of sp³-hybridized carbons (Fsp3) is 0.750. The van der Waals surface area contributed by atoms with Gasteiger partial charge >= 0.3 is 0 Å². The van der Waals surface area contributed by atoms with Crippen LogP contribution in [0.25, 0.3) is 0 Å². The SMILES string of the molecule is CC(=O)C(Cl)[N+](C)(C)C.CC(=O)C(Cl)[N+](C)(C)C.O=C([O-])C(O)C(O)C(=O)[O-]. The minimum absolute atomic E-state index is 0.0177. The van der Waals surface area contributed by atoms with E-state index in [0.29, 0.717) is 8.97 Å². The molecule has 0 aromatic rings. The number of carbonyl (C=O) groups is 4. The molecule has 0 aliphatic rings. The van der Waals surface area contributed by atoms with Gasteiger partial charge in [0.1, 0.15) is 12.2 Å². The van der Waals surface area contributed by atoms with E-state index >= 15 is 0 Å². The molecular formula is C16H30Cl2N2O8. The molecule has 4 unspecified atom stereocenters. The Hall–Kier alpha value is -1.30. The molecule has 0 saturated carbocycles. The Kier molecular flexibility index (Phi) is 14.6. The number of carboxylic acid groups (broad SMARTS) is 2. The minimum Gasteiger partial charge on any atom is -0.547 e. The Morgan fingerprint density at radius 2 is 0.857 bits per heavy atom. The summed E-state index contributed by atoms with van der Waals surface area (Å²) < 4.78 is 0.966. The summed E-state index contributed by atoms with van der Waals surface area (Å²) >= 11 is 11.4. The Morgan fingerprint density at radius 3 is 0.893 bits per heavy atom. The monoisotopic (exact) mass is 448 g/mol. The summed E-state index contributed by atoms with van der Waals surface area (Å²) in [6.07, 6.45) is -4.88. The van der Waals surface area contributed by atoms with E-state index in [-0.39, 0.29) is 11.6 Å². The molecule has 0 amide bonds. The highest BCUT2D eigenvalue weighted by molar-refractivity contribution is 6.29. The van der Waals surface area contributed by atoms with Crippen LogP contribution < -0.4 is 10.2 Å². The quantitative estimate of drug-likeness (QED) is 0.235. The normalized spacial score (nSPS) is 15.4. The van der Waals surface area contributed by atoms with Gasteiger partial charge in [-0.05, 0) is 23.2 Å². The van der Waals surface area contributed by atoms with Gasteiger partial charge in [-0.3, -0.25) is 9.59 Å². The highest BCUT2D eigenvalue weighted by Gasteiger charge is 2.25. The summed E-state index contributed by atoms with van der Waals surface area (Å²) in [7, 11) is 11.3. The van der Waals surface area contributed by atoms with Crippen LogP contribution in [-0.4, -0.2) is 108 Å². The molecule has 0 heterocycles. The second kappa shape index (κ2) is 13.0. The van der Waals surface area contributed by atoms with E-state index in [1.54, 1.807) is 0 Å². The molecule has 12 heteroatoms. The maximum Gasteiger partial charge on any atom is 0.223 e. The third-order valence-electron chi connectivity index (χ3n) is 2.81.